The van der Waals surface area contributed by atoms with Crippen LogP contribution in [0, 0.1) is 5.21 Å². The Bertz CT molecular complexity index is 225. The fraction of sp³-hybridized carbons (Fsp3) is 0.375. The van der Waals surface area contributed by atoms with Gasteiger partial charge in [0.1, 0.15) is 0 Å². The van der Waals surface area contributed by atoms with Crippen LogP contribution < -0.4 is 4.73 Å². The van der Waals surface area contributed by atoms with Gasteiger partial charge in [-0.25, -0.2) is 0 Å². The summed E-state index contributed by atoms with van der Waals surface area (Å²) in [6.45, 7) is 0.134. The molecule has 0 saturated heterocycles. The molecule has 0 radical (unpaired) electrons. The highest BCUT2D eigenvalue weighted by atomic mass is 16.5. The van der Waals surface area contributed by atoms with E-state index in [9.17, 15) is 5.21 Å². The lowest BCUT2D eigenvalue weighted by Gasteiger charge is -2.01. The van der Waals surface area contributed by atoms with Crippen molar-refractivity contribution < 1.29 is 9.84 Å². The van der Waals surface area contributed by atoms with E-state index in [4.69, 9.17) is 5.11 Å². The van der Waals surface area contributed by atoms with E-state index in [-0.39, 0.29) is 6.61 Å². The van der Waals surface area contributed by atoms with Gasteiger partial charge in [0.25, 0.3) is 0 Å². The Kier molecular flexibility index (Phi) is 2.86. The van der Waals surface area contributed by atoms with E-state index in [1.807, 2.05) is 6.07 Å². The Morgan fingerprint density at radius 2 is 2.27 bits per heavy atom. The summed E-state index contributed by atoms with van der Waals surface area (Å²) in [5, 5.41) is 19.5. The molecule has 1 aromatic heterocycles. The predicted molar refractivity (Wildman–Crippen MR) is 40.8 cm³/mol. The summed E-state index contributed by atoms with van der Waals surface area (Å²) < 4.78 is 0.829. The summed E-state index contributed by atoms with van der Waals surface area (Å²) in [6, 6.07) is 5.28. The second kappa shape index (κ2) is 3.93. The Labute approximate surface area is 65.5 Å². The highest BCUT2D eigenvalue weighted by Gasteiger charge is 2.00. The average Bonchev–Trinajstić information content (AvgIpc) is 2.03. The van der Waals surface area contributed by atoms with Crippen molar-refractivity contribution >= 4 is 0 Å². The Balaban J connectivity index is 2.62. The normalized spacial score (nSPS) is 9.91. The van der Waals surface area contributed by atoms with Gasteiger partial charge in [-0.2, -0.15) is 4.73 Å². The van der Waals surface area contributed by atoms with Gasteiger partial charge in [0.15, 0.2) is 11.9 Å². The van der Waals surface area contributed by atoms with Crippen LogP contribution in [0.25, 0.3) is 0 Å². The number of aromatic nitrogens is 1. The Hall–Kier alpha value is -1.09. The summed E-state index contributed by atoms with van der Waals surface area (Å²) in [5.41, 5.74) is 0.710. The second-order valence-electron chi connectivity index (χ2n) is 2.34. The molecule has 1 rings (SSSR count). The van der Waals surface area contributed by atoms with Gasteiger partial charge < -0.3 is 10.3 Å². The number of hydrogen-bond acceptors (Lipinski definition) is 2. The highest BCUT2D eigenvalue weighted by molar-refractivity contribution is 4.97. The largest absolute Gasteiger partial charge is 0.619 e. The molecule has 60 valence electrons. The summed E-state index contributed by atoms with van der Waals surface area (Å²) in [5.74, 6) is 0. The predicted octanol–water partition coefficient (Wildman–Crippen LogP) is 0.245. The van der Waals surface area contributed by atoms with Crippen LogP contribution in [0.15, 0.2) is 24.4 Å². The van der Waals surface area contributed by atoms with Crippen LogP contribution in [-0.2, 0) is 6.42 Å². The second-order valence-corrected chi connectivity index (χ2v) is 2.34. The molecule has 0 bridgehead atoms. The minimum Gasteiger partial charge on any atom is -0.619 e. The van der Waals surface area contributed by atoms with E-state index in [2.05, 4.69) is 0 Å². The molecule has 1 aromatic rings. The third-order valence-corrected chi connectivity index (χ3v) is 1.50. The van der Waals surface area contributed by atoms with Crippen LogP contribution in [-0.4, -0.2) is 11.7 Å². The fourth-order valence-corrected chi connectivity index (χ4v) is 0.917. The number of rotatable bonds is 3. The first-order chi connectivity index (χ1) is 5.34. The van der Waals surface area contributed by atoms with Crippen molar-refractivity contribution in [1.29, 1.82) is 0 Å². The number of aliphatic hydroxyl groups excluding tert-OH is 1. The van der Waals surface area contributed by atoms with Crippen molar-refractivity contribution in [1.82, 2.24) is 0 Å². The maximum absolute atomic E-state index is 11.0. The molecule has 0 amide bonds. The number of nitrogens with zero attached hydrogens (tertiary/aromatic N) is 1. The zero-order valence-electron chi connectivity index (χ0n) is 6.23. The van der Waals surface area contributed by atoms with Crippen LogP contribution >= 0.6 is 0 Å². The number of aliphatic hydroxyl groups is 1. The van der Waals surface area contributed by atoms with Gasteiger partial charge >= 0.3 is 0 Å². The highest BCUT2D eigenvalue weighted by Crippen LogP contribution is 1.94. The Morgan fingerprint density at radius 1 is 1.45 bits per heavy atom. The SMILES string of the molecule is [O-][n+]1ccccc1CCCO. The van der Waals surface area contributed by atoms with Gasteiger partial charge in [-0.3, -0.25) is 0 Å². The third kappa shape index (κ3) is 2.20. The fourth-order valence-electron chi connectivity index (χ4n) is 0.917. The van der Waals surface area contributed by atoms with E-state index in [0.29, 0.717) is 18.5 Å². The molecule has 0 saturated carbocycles. The molecule has 0 atom stereocenters. The quantitative estimate of drug-likeness (QED) is 0.499. The van der Waals surface area contributed by atoms with Crippen LogP contribution in [0.1, 0.15) is 12.1 Å². The minimum atomic E-state index is 0.134. The minimum absolute atomic E-state index is 0.134. The van der Waals surface area contributed by atoms with Crippen molar-refractivity contribution in [3.8, 4) is 0 Å². The monoisotopic (exact) mass is 153 g/mol. The standard InChI is InChI=1S/C8H11NO2/c10-7-3-5-8-4-1-2-6-9(8)11/h1-2,4,6,10H,3,5,7H2. The summed E-state index contributed by atoms with van der Waals surface area (Å²) >= 11 is 0. The lowest BCUT2D eigenvalue weighted by atomic mass is 10.2. The van der Waals surface area contributed by atoms with Gasteiger partial charge in [-0.1, -0.05) is 6.07 Å². The molecule has 1 heterocycles. The van der Waals surface area contributed by atoms with Gasteiger partial charge in [0.2, 0.25) is 0 Å². The van der Waals surface area contributed by atoms with Gasteiger partial charge in [-0.05, 0) is 6.42 Å². The van der Waals surface area contributed by atoms with E-state index in [0.717, 1.165) is 4.73 Å². The molecular formula is C8H11NO2. The molecule has 0 aliphatic rings. The van der Waals surface area contributed by atoms with E-state index < -0.39 is 0 Å². The lowest BCUT2D eigenvalue weighted by molar-refractivity contribution is -0.614. The number of aryl methyl sites for hydroxylation is 1. The molecule has 0 aliphatic carbocycles. The van der Waals surface area contributed by atoms with Crippen LogP contribution in [0.3, 0.4) is 0 Å². The van der Waals surface area contributed by atoms with Crippen molar-refractivity contribution in [3.05, 3.63) is 35.3 Å². The van der Waals surface area contributed by atoms with E-state index in [1.165, 1.54) is 6.20 Å². The average molecular weight is 153 g/mol. The molecule has 0 spiro atoms. The first-order valence-electron chi connectivity index (χ1n) is 3.62. The topological polar surface area (TPSA) is 47.2 Å². The van der Waals surface area contributed by atoms with Gasteiger partial charge in [0, 0.05) is 25.2 Å². The van der Waals surface area contributed by atoms with Crippen molar-refractivity contribution in [2.45, 2.75) is 12.8 Å². The smallest absolute Gasteiger partial charge is 0.192 e. The third-order valence-electron chi connectivity index (χ3n) is 1.50. The summed E-state index contributed by atoms with van der Waals surface area (Å²) in [7, 11) is 0. The lowest BCUT2D eigenvalue weighted by Crippen LogP contribution is -2.30. The van der Waals surface area contributed by atoms with Crippen molar-refractivity contribution in [3.63, 3.8) is 0 Å². The first kappa shape index (κ1) is 8.01. The van der Waals surface area contributed by atoms with Gasteiger partial charge in [-0.15, -0.1) is 0 Å². The first-order valence-corrected chi connectivity index (χ1v) is 3.62. The molecule has 3 nitrogen and oxygen atoms in total. The summed E-state index contributed by atoms with van der Waals surface area (Å²) in [6.07, 6.45) is 2.75. The van der Waals surface area contributed by atoms with Gasteiger partial charge in [0.05, 0.1) is 0 Å². The van der Waals surface area contributed by atoms with Crippen LogP contribution in [0.5, 0.6) is 0 Å². The van der Waals surface area contributed by atoms with E-state index >= 15 is 0 Å². The zero-order chi connectivity index (χ0) is 8.10. The molecule has 3 heteroatoms. The molecule has 0 fully saturated rings. The molecule has 1 N–H and O–H groups in total. The Morgan fingerprint density at radius 3 is 2.91 bits per heavy atom. The number of hydrogen-bond donors (Lipinski definition) is 1. The molecule has 0 aromatic carbocycles. The zero-order valence-corrected chi connectivity index (χ0v) is 6.23. The van der Waals surface area contributed by atoms with Crippen molar-refractivity contribution in [2.75, 3.05) is 6.61 Å². The van der Waals surface area contributed by atoms with Crippen LogP contribution in [0.4, 0.5) is 0 Å². The maximum Gasteiger partial charge on any atom is 0.192 e. The molecular weight excluding hydrogens is 142 g/mol. The summed E-state index contributed by atoms with van der Waals surface area (Å²) in [4.78, 5) is 0. The van der Waals surface area contributed by atoms with E-state index in [1.54, 1.807) is 12.1 Å². The molecule has 0 unspecified atom stereocenters. The van der Waals surface area contributed by atoms with Crippen LogP contribution in [0.2, 0.25) is 0 Å². The van der Waals surface area contributed by atoms with Crippen molar-refractivity contribution in [2.24, 2.45) is 0 Å². The number of pyridine rings is 1. The maximum atomic E-state index is 11.0. The molecule has 11 heavy (non-hydrogen) atoms. The molecule has 0 aliphatic heterocycles.